The van der Waals surface area contributed by atoms with E-state index in [-0.39, 0.29) is 0 Å². The van der Waals surface area contributed by atoms with Gasteiger partial charge in [0.25, 0.3) is 0 Å². The van der Waals surface area contributed by atoms with Crippen LogP contribution in [0, 0.1) is 0 Å². The highest BCUT2D eigenvalue weighted by Crippen LogP contribution is 2.44. The standard InChI is InChI=1S/C28H15NO/c1-2-8-17-16(7-1)13-21-18-9-3-5-11-23(18)29-24-14-20-19-10-4-6-12-25(19)30-26(20)15-22(24)27(17)28(21)29/h1-15H. The molecule has 0 fully saturated rings. The number of aromatic nitrogens is 1. The van der Waals surface area contributed by atoms with E-state index < -0.39 is 0 Å². The fraction of sp³-hybridized carbons (Fsp3) is 0. The molecule has 0 saturated heterocycles. The zero-order valence-corrected chi connectivity index (χ0v) is 16.0. The quantitative estimate of drug-likeness (QED) is 0.261. The minimum absolute atomic E-state index is 0.942. The van der Waals surface area contributed by atoms with Crippen LogP contribution in [0.5, 0.6) is 0 Å². The van der Waals surface area contributed by atoms with Gasteiger partial charge in [-0.2, -0.15) is 0 Å². The second-order valence-corrected chi connectivity index (χ2v) is 8.19. The Morgan fingerprint density at radius 3 is 2.20 bits per heavy atom. The van der Waals surface area contributed by atoms with E-state index in [0.717, 1.165) is 11.2 Å². The molecule has 0 aliphatic heterocycles. The van der Waals surface area contributed by atoms with Crippen molar-refractivity contribution in [1.82, 2.24) is 4.40 Å². The summed E-state index contributed by atoms with van der Waals surface area (Å²) < 4.78 is 8.69. The van der Waals surface area contributed by atoms with Crippen LogP contribution in [0.3, 0.4) is 0 Å². The molecule has 0 atom stereocenters. The lowest BCUT2D eigenvalue weighted by atomic mass is 10.00. The number of nitrogens with zero attached hydrogens (tertiary/aromatic N) is 1. The van der Waals surface area contributed by atoms with Crippen molar-refractivity contribution in [2.75, 3.05) is 0 Å². The van der Waals surface area contributed by atoms with E-state index in [1.807, 2.05) is 12.1 Å². The molecule has 30 heavy (non-hydrogen) atoms. The topological polar surface area (TPSA) is 17.6 Å². The maximum Gasteiger partial charge on any atom is 0.136 e. The van der Waals surface area contributed by atoms with E-state index >= 15 is 0 Å². The molecule has 2 nitrogen and oxygen atoms in total. The van der Waals surface area contributed by atoms with Gasteiger partial charge in [-0.1, -0.05) is 60.7 Å². The Labute approximate surface area is 170 Å². The van der Waals surface area contributed by atoms with Gasteiger partial charge in [0.1, 0.15) is 11.2 Å². The molecule has 0 N–H and O–H groups in total. The van der Waals surface area contributed by atoms with E-state index in [9.17, 15) is 0 Å². The summed E-state index contributed by atoms with van der Waals surface area (Å²) in [4.78, 5) is 0. The van der Waals surface area contributed by atoms with Crippen LogP contribution in [-0.2, 0) is 0 Å². The van der Waals surface area contributed by atoms with E-state index in [2.05, 4.69) is 83.3 Å². The molecule has 138 valence electrons. The molecule has 0 saturated carbocycles. The molecule has 0 aliphatic rings. The number of fused-ring (bicyclic) bond motifs is 11. The van der Waals surface area contributed by atoms with Crippen molar-refractivity contribution in [3.05, 3.63) is 91.0 Å². The third kappa shape index (κ3) is 1.60. The highest BCUT2D eigenvalue weighted by Gasteiger charge is 2.21. The first-order valence-corrected chi connectivity index (χ1v) is 10.3. The molecule has 0 spiro atoms. The van der Waals surface area contributed by atoms with Crippen LogP contribution in [0.25, 0.3) is 70.8 Å². The van der Waals surface area contributed by atoms with Crippen molar-refractivity contribution >= 4 is 70.8 Å². The first kappa shape index (κ1) is 14.9. The molecule has 0 bridgehead atoms. The molecular formula is C28H15NO. The predicted molar refractivity (Wildman–Crippen MR) is 126 cm³/mol. The fourth-order valence-corrected chi connectivity index (χ4v) is 5.46. The summed E-state index contributed by atoms with van der Waals surface area (Å²) in [5, 5.41) is 10.1. The molecule has 0 radical (unpaired) electrons. The lowest BCUT2D eigenvalue weighted by Crippen LogP contribution is -1.79. The lowest BCUT2D eigenvalue weighted by Gasteiger charge is -2.02. The van der Waals surface area contributed by atoms with Crippen LogP contribution < -0.4 is 0 Å². The monoisotopic (exact) mass is 381 g/mol. The Hall–Kier alpha value is -4.04. The summed E-state index contributed by atoms with van der Waals surface area (Å²) in [6.07, 6.45) is 0. The van der Waals surface area contributed by atoms with Gasteiger partial charge in [-0.3, -0.25) is 0 Å². The Morgan fingerprint density at radius 1 is 0.500 bits per heavy atom. The van der Waals surface area contributed by atoms with Crippen LogP contribution in [-0.4, -0.2) is 4.40 Å². The Bertz CT molecular complexity index is 1950. The number of hydrogen-bond acceptors (Lipinski definition) is 1. The van der Waals surface area contributed by atoms with E-state index in [1.54, 1.807) is 0 Å². The normalized spacial score (nSPS) is 12.7. The van der Waals surface area contributed by atoms with Crippen LogP contribution in [0.15, 0.2) is 95.4 Å². The van der Waals surface area contributed by atoms with Gasteiger partial charge in [0.15, 0.2) is 0 Å². The first-order chi connectivity index (χ1) is 14.9. The lowest BCUT2D eigenvalue weighted by molar-refractivity contribution is 0.669. The zero-order valence-electron chi connectivity index (χ0n) is 16.0. The Kier molecular flexibility index (Phi) is 2.44. The molecule has 3 aromatic heterocycles. The van der Waals surface area contributed by atoms with Crippen molar-refractivity contribution in [1.29, 1.82) is 0 Å². The van der Waals surface area contributed by atoms with Crippen LogP contribution in [0.2, 0.25) is 0 Å². The van der Waals surface area contributed by atoms with Crippen molar-refractivity contribution in [2.24, 2.45) is 0 Å². The van der Waals surface area contributed by atoms with Gasteiger partial charge in [-0.25, -0.2) is 0 Å². The van der Waals surface area contributed by atoms with Crippen molar-refractivity contribution in [3.8, 4) is 0 Å². The summed E-state index contributed by atoms with van der Waals surface area (Å²) in [6, 6.07) is 32.7. The summed E-state index contributed by atoms with van der Waals surface area (Å²) in [7, 11) is 0. The summed E-state index contributed by atoms with van der Waals surface area (Å²) in [6.45, 7) is 0. The molecule has 2 heteroatoms. The predicted octanol–water partition coefficient (Wildman–Crippen LogP) is 7.89. The highest BCUT2D eigenvalue weighted by atomic mass is 16.3. The molecule has 0 amide bonds. The molecule has 5 aromatic carbocycles. The minimum atomic E-state index is 0.942. The average Bonchev–Trinajstić information content (AvgIpc) is 3.43. The van der Waals surface area contributed by atoms with Crippen LogP contribution in [0.1, 0.15) is 0 Å². The molecule has 8 aromatic rings. The SMILES string of the molecule is c1ccc2c(c1)cc1c3ccccc3n3c4cc5c(cc4c2c13)oc1ccccc15. The summed E-state index contributed by atoms with van der Waals surface area (Å²) in [5.74, 6) is 0. The van der Waals surface area contributed by atoms with Gasteiger partial charge in [-0.15, -0.1) is 0 Å². The van der Waals surface area contributed by atoms with Gasteiger partial charge in [0.2, 0.25) is 0 Å². The molecule has 3 heterocycles. The van der Waals surface area contributed by atoms with Crippen molar-refractivity contribution in [2.45, 2.75) is 0 Å². The average molecular weight is 381 g/mol. The number of rotatable bonds is 0. The van der Waals surface area contributed by atoms with Crippen molar-refractivity contribution < 1.29 is 4.42 Å². The molecule has 0 unspecified atom stereocenters. The first-order valence-electron chi connectivity index (χ1n) is 10.3. The van der Waals surface area contributed by atoms with Gasteiger partial charge >= 0.3 is 0 Å². The third-order valence-corrected chi connectivity index (χ3v) is 6.69. The number of hydrogen-bond donors (Lipinski definition) is 0. The van der Waals surface area contributed by atoms with Gasteiger partial charge in [0.05, 0.1) is 16.6 Å². The maximum atomic E-state index is 6.24. The molecule has 8 rings (SSSR count). The van der Waals surface area contributed by atoms with E-state index in [0.29, 0.717) is 0 Å². The smallest absolute Gasteiger partial charge is 0.136 e. The highest BCUT2D eigenvalue weighted by molar-refractivity contribution is 6.32. The van der Waals surface area contributed by atoms with Gasteiger partial charge in [0, 0.05) is 32.3 Å². The number of furan rings is 1. The fourth-order valence-electron chi connectivity index (χ4n) is 5.46. The molecular weight excluding hydrogens is 366 g/mol. The Morgan fingerprint density at radius 2 is 1.27 bits per heavy atom. The minimum Gasteiger partial charge on any atom is -0.456 e. The second-order valence-electron chi connectivity index (χ2n) is 8.19. The number of benzene rings is 5. The van der Waals surface area contributed by atoms with E-state index in [4.69, 9.17) is 4.42 Å². The van der Waals surface area contributed by atoms with Crippen molar-refractivity contribution in [3.63, 3.8) is 0 Å². The maximum absolute atomic E-state index is 6.24. The Balaban J connectivity index is 1.77. The molecule has 0 aliphatic carbocycles. The van der Waals surface area contributed by atoms with Gasteiger partial charge < -0.3 is 8.82 Å². The number of para-hydroxylation sites is 2. The zero-order chi connectivity index (χ0) is 19.4. The third-order valence-electron chi connectivity index (χ3n) is 6.69. The summed E-state index contributed by atoms with van der Waals surface area (Å²) >= 11 is 0. The van der Waals surface area contributed by atoms with Crippen LogP contribution >= 0.6 is 0 Å². The van der Waals surface area contributed by atoms with Crippen LogP contribution in [0.4, 0.5) is 0 Å². The van der Waals surface area contributed by atoms with E-state index in [1.165, 1.54) is 59.6 Å². The summed E-state index contributed by atoms with van der Waals surface area (Å²) in [5.41, 5.74) is 5.70. The van der Waals surface area contributed by atoms with Gasteiger partial charge in [-0.05, 0) is 41.1 Å². The largest absolute Gasteiger partial charge is 0.456 e. The second kappa shape index (κ2) is 4.92.